The highest BCUT2D eigenvalue weighted by molar-refractivity contribution is 14.0. The predicted octanol–water partition coefficient (Wildman–Crippen LogP) is 3.21. The van der Waals surface area contributed by atoms with E-state index in [0.29, 0.717) is 12.0 Å². The van der Waals surface area contributed by atoms with E-state index in [1.54, 1.807) is 0 Å². The van der Waals surface area contributed by atoms with Crippen molar-refractivity contribution in [3.63, 3.8) is 0 Å². The Kier molecular flexibility index (Phi) is 14.2. The van der Waals surface area contributed by atoms with Crippen molar-refractivity contribution >= 4 is 41.7 Å². The fraction of sp³-hybridized carbons (Fsp3) is 0.952. The summed E-state index contributed by atoms with van der Waals surface area (Å²) >= 11 is 2.05. The van der Waals surface area contributed by atoms with E-state index in [-0.39, 0.29) is 28.7 Å². The number of morpholine rings is 1. The lowest BCUT2D eigenvalue weighted by Gasteiger charge is -2.36. The summed E-state index contributed by atoms with van der Waals surface area (Å²) in [6, 6.07) is 0.523. The van der Waals surface area contributed by atoms with Crippen molar-refractivity contribution < 1.29 is 9.47 Å². The minimum Gasteiger partial charge on any atom is -0.381 e. The zero-order valence-electron chi connectivity index (χ0n) is 18.9. The Hall–Kier alpha value is 0.230. The van der Waals surface area contributed by atoms with Gasteiger partial charge in [-0.15, -0.1) is 24.0 Å². The van der Waals surface area contributed by atoms with Crippen molar-refractivity contribution in [2.24, 2.45) is 10.9 Å². The van der Waals surface area contributed by atoms with Crippen molar-refractivity contribution in [3.8, 4) is 0 Å². The molecule has 2 rings (SSSR count). The number of halogens is 1. The molecule has 0 amide bonds. The van der Waals surface area contributed by atoms with Gasteiger partial charge < -0.3 is 20.1 Å². The Bertz CT molecular complexity index is 450. The topological polar surface area (TPSA) is 58.1 Å². The number of rotatable bonds is 10. The quantitative estimate of drug-likeness (QED) is 0.251. The summed E-state index contributed by atoms with van der Waals surface area (Å²) in [5.74, 6) is 2.76. The van der Waals surface area contributed by atoms with Crippen LogP contribution >= 0.6 is 35.7 Å². The van der Waals surface area contributed by atoms with E-state index in [4.69, 9.17) is 14.5 Å². The van der Waals surface area contributed by atoms with Crippen molar-refractivity contribution in [1.82, 2.24) is 15.5 Å². The molecule has 2 fully saturated rings. The Balaban J connectivity index is 0.00000420. The minimum atomic E-state index is 0. The van der Waals surface area contributed by atoms with E-state index in [9.17, 15) is 0 Å². The second kappa shape index (κ2) is 15.1. The fourth-order valence-corrected chi connectivity index (χ4v) is 5.25. The molecule has 2 N–H and O–H groups in total. The van der Waals surface area contributed by atoms with Crippen LogP contribution < -0.4 is 10.6 Å². The predicted molar refractivity (Wildman–Crippen MR) is 136 cm³/mol. The molecule has 1 atom stereocenters. The third-order valence-electron chi connectivity index (χ3n) is 5.53. The van der Waals surface area contributed by atoms with Gasteiger partial charge in [0.2, 0.25) is 0 Å². The van der Waals surface area contributed by atoms with Gasteiger partial charge in [-0.3, -0.25) is 9.89 Å². The summed E-state index contributed by atoms with van der Waals surface area (Å²) in [4.78, 5) is 7.58. The zero-order chi connectivity index (χ0) is 20.2. The van der Waals surface area contributed by atoms with Crippen molar-refractivity contribution in [2.75, 3.05) is 64.9 Å². The molecule has 0 spiro atoms. The standard InChI is InChI=1S/C21H42N4O2S.HI/c1-5-22-20(24-17-21(28-6-2)7-11-26-12-8-21)23-16-19(15-18(3)4)25-9-13-27-14-10-25;/h18-19H,5-17H2,1-4H3,(H2,22,23,24);1H. The number of ether oxygens (including phenoxy) is 2. The van der Waals surface area contributed by atoms with Crippen molar-refractivity contribution in [1.29, 1.82) is 0 Å². The molecule has 2 saturated heterocycles. The Morgan fingerprint density at radius 3 is 2.31 bits per heavy atom. The fourth-order valence-electron chi connectivity index (χ4n) is 4.03. The molecule has 1 unspecified atom stereocenters. The van der Waals surface area contributed by atoms with Crippen LogP contribution in [-0.4, -0.2) is 86.6 Å². The zero-order valence-corrected chi connectivity index (χ0v) is 22.0. The molecular formula is C21H43IN4O2S. The SMILES string of the molecule is CCNC(=NCC1(SCC)CCOCC1)NCC(CC(C)C)N1CCOCC1.I. The maximum Gasteiger partial charge on any atom is 0.191 e. The lowest BCUT2D eigenvalue weighted by atomic mass is 9.99. The number of hydrogen-bond donors (Lipinski definition) is 2. The highest BCUT2D eigenvalue weighted by atomic mass is 127. The largest absolute Gasteiger partial charge is 0.381 e. The van der Waals surface area contributed by atoms with Crippen LogP contribution in [0, 0.1) is 5.92 Å². The third kappa shape index (κ3) is 9.93. The van der Waals surface area contributed by atoms with E-state index in [1.807, 2.05) is 0 Å². The number of guanidine groups is 1. The van der Waals surface area contributed by atoms with Gasteiger partial charge in [-0.2, -0.15) is 11.8 Å². The second-order valence-electron chi connectivity index (χ2n) is 8.24. The molecule has 29 heavy (non-hydrogen) atoms. The summed E-state index contributed by atoms with van der Waals surface area (Å²) in [6.07, 6.45) is 3.38. The smallest absolute Gasteiger partial charge is 0.191 e. The summed E-state index contributed by atoms with van der Waals surface area (Å²) in [7, 11) is 0. The maximum atomic E-state index is 5.60. The van der Waals surface area contributed by atoms with Crippen LogP contribution in [0.1, 0.15) is 47.0 Å². The average Bonchev–Trinajstić information content (AvgIpc) is 2.70. The van der Waals surface area contributed by atoms with Crippen LogP contribution in [0.3, 0.4) is 0 Å². The first-order valence-corrected chi connectivity index (χ1v) is 12.1. The molecular weight excluding hydrogens is 499 g/mol. The van der Waals surface area contributed by atoms with Gasteiger partial charge in [0, 0.05) is 50.2 Å². The number of thioether (sulfide) groups is 1. The maximum absolute atomic E-state index is 5.60. The summed E-state index contributed by atoms with van der Waals surface area (Å²) < 4.78 is 11.4. The molecule has 2 aliphatic rings. The van der Waals surface area contributed by atoms with Crippen LogP contribution in [0.4, 0.5) is 0 Å². The van der Waals surface area contributed by atoms with Gasteiger partial charge >= 0.3 is 0 Å². The van der Waals surface area contributed by atoms with Crippen LogP contribution in [0.25, 0.3) is 0 Å². The second-order valence-corrected chi connectivity index (χ2v) is 9.97. The van der Waals surface area contributed by atoms with Gasteiger partial charge in [0.25, 0.3) is 0 Å². The molecule has 0 aliphatic carbocycles. The molecule has 2 heterocycles. The normalized spacial score (nSPS) is 21.5. The Morgan fingerprint density at radius 1 is 1.07 bits per heavy atom. The van der Waals surface area contributed by atoms with Gasteiger partial charge in [0.1, 0.15) is 0 Å². The molecule has 172 valence electrons. The average molecular weight is 543 g/mol. The van der Waals surface area contributed by atoms with Crippen LogP contribution in [0.2, 0.25) is 0 Å². The number of aliphatic imine (C=N–C) groups is 1. The van der Waals surface area contributed by atoms with Gasteiger partial charge in [-0.05, 0) is 37.9 Å². The molecule has 0 radical (unpaired) electrons. The molecule has 8 heteroatoms. The van der Waals surface area contributed by atoms with Crippen LogP contribution in [0.5, 0.6) is 0 Å². The van der Waals surface area contributed by atoms with E-state index in [1.165, 1.54) is 6.42 Å². The molecule has 0 aromatic heterocycles. The molecule has 0 aromatic carbocycles. The van der Waals surface area contributed by atoms with Crippen LogP contribution in [-0.2, 0) is 9.47 Å². The molecule has 0 aromatic rings. The molecule has 2 aliphatic heterocycles. The van der Waals surface area contributed by atoms with Crippen molar-refractivity contribution in [2.45, 2.75) is 57.7 Å². The number of hydrogen-bond acceptors (Lipinski definition) is 5. The number of nitrogens with one attached hydrogen (secondary N) is 2. The van der Waals surface area contributed by atoms with Gasteiger partial charge in [-0.1, -0.05) is 20.8 Å². The first-order chi connectivity index (χ1) is 13.6. The summed E-state index contributed by atoms with van der Waals surface area (Å²) in [5, 5.41) is 7.09. The monoisotopic (exact) mass is 542 g/mol. The molecule has 0 bridgehead atoms. The summed E-state index contributed by atoms with van der Waals surface area (Å²) in [5.41, 5.74) is 0. The minimum absolute atomic E-state index is 0. The summed E-state index contributed by atoms with van der Waals surface area (Å²) in [6.45, 7) is 17.2. The lowest BCUT2D eigenvalue weighted by molar-refractivity contribution is 0.0132. The van der Waals surface area contributed by atoms with E-state index < -0.39 is 0 Å². The van der Waals surface area contributed by atoms with Gasteiger partial charge in [0.05, 0.1) is 19.8 Å². The Labute approximate surface area is 199 Å². The Morgan fingerprint density at radius 2 is 1.72 bits per heavy atom. The van der Waals surface area contributed by atoms with Gasteiger partial charge in [-0.25, -0.2) is 0 Å². The van der Waals surface area contributed by atoms with Gasteiger partial charge in [0.15, 0.2) is 5.96 Å². The van der Waals surface area contributed by atoms with E-state index >= 15 is 0 Å². The third-order valence-corrected chi connectivity index (χ3v) is 6.97. The molecule has 6 nitrogen and oxygen atoms in total. The van der Waals surface area contributed by atoms with E-state index in [2.05, 4.69) is 55.0 Å². The first-order valence-electron chi connectivity index (χ1n) is 11.1. The number of nitrogens with zero attached hydrogens (tertiary/aromatic N) is 2. The first kappa shape index (κ1) is 27.3. The van der Waals surface area contributed by atoms with E-state index in [0.717, 1.165) is 83.7 Å². The highest BCUT2D eigenvalue weighted by Crippen LogP contribution is 2.35. The highest BCUT2D eigenvalue weighted by Gasteiger charge is 2.32. The van der Waals surface area contributed by atoms with Crippen LogP contribution in [0.15, 0.2) is 4.99 Å². The van der Waals surface area contributed by atoms with Crippen molar-refractivity contribution in [3.05, 3.63) is 0 Å². The lowest BCUT2D eigenvalue weighted by Crippen LogP contribution is -2.51. The molecule has 0 saturated carbocycles.